The van der Waals surface area contributed by atoms with E-state index in [-0.39, 0.29) is 13.2 Å². The van der Waals surface area contributed by atoms with Gasteiger partial charge in [0.05, 0.1) is 18.8 Å². The summed E-state index contributed by atoms with van der Waals surface area (Å²) in [4.78, 5) is 8.59. The van der Waals surface area contributed by atoms with E-state index >= 15 is 0 Å². The molecule has 1 rings (SSSR count). The lowest BCUT2D eigenvalue weighted by atomic mass is 10.1. The van der Waals surface area contributed by atoms with Crippen LogP contribution in [0.15, 0.2) is 11.2 Å². The van der Waals surface area contributed by atoms with Gasteiger partial charge < -0.3 is 20.8 Å². The molecule has 18 heavy (non-hydrogen) atoms. The topological polar surface area (TPSA) is 90.3 Å². The molecule has 102 valence electrons. The summed E-state index contributed by atoms with van der Waals surface area (Å²) < 4.78 is 0. The molecule has 6 nitrogen and oxygen atoms in total. The summed E-state index contributed by atoms with van der Waals surface area (Å²) in [6.07, 6.45) is 1.89. The van der Waals surface area contributed by atoms with Gasteiger partial charge in [0.25, 0.3) is 0 Å². The monoisotopic (exact) mass is 272 g/mol. The summed E-state index contributed by atoms with van der Waals surface area (Å²) in [6, 6.07) is 1.76. The van der Waals surface area contributed by atoms with Gasteiger partial charge in [0.2, 0.25) is 0 Å². The highest BCUT2D eigenvalue weighted by molar-refractivity contribution is 7.98. The molecular formula is C11H20N4O2S. The number of anilines is 2. The van der Waals surface area contributed by atoms with Crippen LogP contribution >= 0.6 is 11.8 Å². The quantitative estimate of drug-likeness (QED) is 0.431. The van der Waals surface area contributed by atoms with Crippen LogP contribution < -0.4 is 10.6 Å². The fourth-order valence-corrected chi connectivity index (χ4v) is 1.67. The van der Waals surface area contributed by atoms with Gasteiger partial charge in [-0.05, 0) is 20.1 Å². The zero-order chi connectivity index (χ0) is 13.6. The predicted molar refractivity (Wildman–Crippen MR) is 74.2 cm³/mol. The summed E-state index contributed by atoms with van der Waals surface area (Å²) in [5, 5.41) is 25.3. The second-order valence-electron chi connectivity index (χ2n) is 4.16. The van der Waals surface area contributed by atoms with Crippen molar-refractivity contribution in [2.45, 2.75) is 24.5 Å². The van der Waals surface area contributed by atoms with E-state index in [1.54, 1.807) is 13.0 Å². The van der Waals surface area contributed by atoms with Crippen molar-refractivity contribution in [1.82, 2.24) is 9.97 Å². The van der Waals surface area contributed by atoms with Crippen LogP contribution in [-0.4, -0.2) is 51.7 Å². The molecule has 0 saturated heterocycles. The molecular weight excluding hydrogens is 252 g/mol. The third kappa shape index (κ3) is 4.01. The Morgan fingerprint density at radius 3 is 2.39 bits per heavy atom. The Kier molecular flexibility index (Phi) is 5.64. The number of aliphatic hydroxyl groups excluding tert-OH is 2. The molecule has 1 heterocycles. The molecule has 0 amide bonds. The molecule has 0 aliphatic carbocycles. The SMILES string of the molecule is CCNc1cc(NC(C)(CO)CO)nc(SC)n1. The maximum Gasteiger partial charge on any atom is 0.191 e. The standard InChI is InChI=1S/C11H20N4O2S/c1-4-12-8-5-9(14-10(13-8)18-3)15-11(2,6-16)7-17/h5,16-17H,4,6-7H2,1-3H3,(H2,12,13,14,15). The highest BCUT2D eigenvalue weighted by atomic mass is 32.2. The van der Waals surface area contributed by atoms with E-state index in [9.17, 15) is 10.2 Å². The molecule has 0 radical (unpaired) electrons. The maximum absolute atomic E-state index is 9.26. The van der Waals surface area contributed by atoms with Gasteiger partial charge in [-0.3, -0.25) is 0 Å². The van der Waals surface area contributed by atoms with E-state index in [1.807, 2.05) is 13.2 Å². The first-order valence-electron chi connectivity index (χ1n) is 5.73. The maximum atomic E-state index is 9.26. The summed E-state index contributed by atoms with van der Waals surface area (Å²) >= 11 is 1.44. The van der Waals surface area contributed by atoms with Crippen molar-refractivity contribution in [3.63, 3.8) is 0 Å². The van der Waals surface area contributed by atoms with E-state index in [1.165, 1.54) is 11.8 Å². The van der Waals surface area contributed by atoms with Gasteiger partial charge >= 0.3 is 0 Å². The van der Waals surface area contributed by atoms with E-state index in [0.29, 0.717) is 11.0 Å². The Morgan fingerprint density at radius 2 is 1.89 bits per heavy atom. The van der Waals surface area contributed by atoms with E-state index in [4.69, 9.17) is 0 Å². The van der Waals surface area contributed by atoms with E-state index in [2.05, 4.69) is 20.6 Å². The summed E-state index contributed by atoms with van der Waals surface area (Å²) in [6.45, 7) is 4.11. The smallest absolute Gasteiger partial charge is 0.191 e. The number of aliphatic hydroxyl groups is 2. The van der Waals surface area contributed by atoms with Crippen LogP contribution in [0.5, 0.6) is 0 Å². The van der Waals surface area contributed by atoms with E-state index in [0.717, 1.165) is 12.4 Å². The molecule has 0 spiro atoms. The molecule has 0 fully saturated rings. The Balaban J connectivity index is 2.96. The fourth-order valence-electron chi connectivity index (χ4n) is 1.29. The average Bonchev–Trinajstić information content (AvgIpc) is 2.38. The minimum Gasteiger partial charge on any atom is -0.394 e. The van der Waals surface area contributed by atoms with Crippen molar-refractivity contribution in [2.24, 2.45) is 0 Å². The second-order valence-corrected chi connectivity index (χ2v) is 4.93. The number of nitrogens with one attached hydrogen (secondary N) is 2. The van der Waals surface area contributed by atoms with Crippen molar-refractivity contribution in [3.05, 3.63) is 6.07 Å². The Morgan fingerprint density at radius 1 is 1.28 bits per heavy atom. The lowest BCUT2D eigenvalue weighted by molar-refractivity contribution is 0.147. The zero-order valence-electron chi connectivity index (χ0n) is 10.9. The fraction of sp³-hybridized carbons (Fsp3) is 0.636. The highest BCUT2D eigenvalue weighted by Gasteiger charge is 2.22. The molecule has 0 aliphatic rings. The van der Waals surface area contributed by atoms with Crippen molar-refractivity contribution >= 4 is 23.4 Å². The zero-order valence-corrected chi connectivity index (χ0v) is 11.7. The number of thioether (sulfide) groups is 1. The van der Waals surface area contributed by atoms with Gasteiger partial charge in [0, 0.05) is 12.6 Å². The largest absolute Gasteiger partial charge is 0.394 e. The summed E-state index contributed by atoms with van der Waals surface area (Å²) in [5.41, 5.74) is -0.798. The molecule has 0 atom stereocenters. The number of aromatic nitrogens is 2. The normalized spacial score (nSPS) is 11.4. The molecule has 1 aromatic rings. The van der Waals surface area contributed by atoms with Crippen LogP contribution in [0.2, 0.25) is 0 Å². The van der Waals surface area contributed by atoms with Crippen molar-refractivity contribution < 1.29 is 10.2 Å². The number of rotatable bonds is 7. The number of hydrogen-bond acceptors (Lipinski definition) is 7. The third-order valence-electron chi connectivity index (χ3n) is 2.37. The van der Waals surface area contributed by atoms with Crippen LogP contribution in [-0.2, 0) is 0 Å². The summed E-state index contributed by atoms with van der Waals surface area (Å²) in [7, 11) is 0. The Bertz CT molecular complexity index is 385. The molecule has 0 unspecified atom stereocenters. The van der Waals surface area contributed by atoms with Gasteiger partial charge in [0.15, 0.2) is 5.16 Å². The third-order valence-corrected chi connectivity index (χ3v) is 2.92. The first kappa shape index (κ1) is 15.0. The molecule has 7 heteroatoms. The van der Waals surface area contributed by atoms with Crippen molar-refractivity contribution in [3.8, 4) is 0 Å². The first-order chi connectivity index (χ1) is 8.56. The first-order valence-corrected chi connectivity index (χ1v) is 6.96. The van der Waals surface area contributed by atoms with Gasteiger partial charge in [-0.25, -0.2) is 9.97 Å². The minimum atomic E-state index is -0.798. The second kappa shape index (κ2) is 6.77. The van der Waals surface area contributed by atoms with Crippen molar-refractivity contribution in [2.75, 3.05) is 36.6 Å². The van der Waals surface area contributed by atoms with Crippen LogP contribution in [0, 0.1) is 0 Å². The lowest BCUT2D eigenvalue weighted by Gasteiger charge is -2.27. The lowest BCUT2D eigenvalue weighted by Crippen LogP contribution is -2.42. The number of hydrogen-bond donors (Lipinski definition) is 4. The molecule has 0 saturated carbocycles. The van der Waals surface area contributed by atoms with Crippen molar-refractivity contribution in [1.29, 1.82) is 0 Å². The van der Waals surface area contributed by atoms with E-state index < -0.39 is 5.54 Å². The molecule has 4 N–H and O–H groups in total. The van der Waals surface area contributed by atoms with Gasteiger partial charge in [-0.15, -0.1) is 0 Å². The predicted octanol–water partition coefficient (Wildman–Crippen LogP) is 0.785. The summed E-state index contributed by atoms with van der Waals surface area (Å²) in [5.74, 6) is 1.30. The Labute approximate surface area is 111 Å². The molecule has 0 aromatic carbocycles. The number of nitrogens with zero attached hydrogens (tertiary/aromatic N) is 2. The van der Waals surface area contributed by atoms with Gasteiger partial charge in [-0.1, -0.05) is 11.8 Å². The Hall–Kier alpha value is -1.05. The molecule has 0 bridgehead atoms. The minimum absolute atomic E-state index is 0.182. The molecule has 0 aliphatic heterocycles. The van der Waals surface area contributed by atoms with Gasteiger partial charge in [-0.2, -0.15) is 0 Å². The average molecular weight is 272 g/mol. The molecule has 1 aromatic heterocycles. The van der Waals surface area contributed by atoms with Crippen LogP contribution in [0.25, 0.3) is 0 Å². The van der Waals surface area contributed by atoms with Crippen LogP contribution in [0.1, 0.15) is 13.8 Å². The highest BCUT2D eigenvalue weighted by Crippen LogP contribution is 2.20. The van der Waals surface area contributed by atoms with Gasteiger partial charge in [0.1, 0.15) is 11.6 Å². The van der Waals surface area contributed by atoms with Crippen LogP contribution in [0.4, 0.5) is 11.6 Å². The van der Waals surface area contributed by atoms with Crippen LogP contribution in [0.3, 0.4) is 0 Å².